The van der Waals surface area contributed by atoms with Gasteiger partial charge in [0, 0.05) is 12.8 Å². The molecule has 2 rings (SSSR count). The predicted octanol–water partition coefficient (Wildman–Crippen LogP) is 10.1. The Morgan fingerprint density at radius 1 is 0.419 bits per heavy atom. The zero-order chi connectivity index (χ0) is 53.9. The Kier molecular flexibility index (Phi) is 41.9. The summed E-state index contributed by atoms with van der Waals surface area (Å²) in [7, 11) is 0. The molecule has 0 aliphatic carbocycles. The third-order valence-corrected chi connectivity index (χ3v) is 14.1. The maximum absolute atomic E-state index is 13.0. The van der Waals surface area contributed by atoms with Gasteiger partial charge in [0.15, 0.2) is 18.7 Å². The molecule has 0 radical (unpaired) electrons. The Balaban J connectivity index is 1.77. The van der Waals surface area contributed by atoms with Gasteiger partial charge in [0.25, 0.3) is 0 Å². The normalized spacial score (nSPS) is 24.9. The Morgan fingerprint density at radius 3 is 1.28 bits per heavy atom. The summed E-state index contributed by atoms with van der Waals surface area (Å²) >= 11 is 0. The number of hydrogen-bond donors (Lipinski definition) is 7. The lowest BCUT2D eigenvalue weighted by Gasteiger charge is -2.42. The minimum absolute atomic E-state index is 0.0998. The first-order chi connectivity index (χ1) is 36.0. The van der Waals surface area contributed by atoms with E-state index in [1.807, 2.05) is 6.08 Å². The number of aliphatic hydroxyl groups excluding tert-OH is 7. The molecule has 0 saturated carbocycles. The van der Waals surface area contributed by atoms with Gasteiger partial charge < -0.3 is 64.2 Å². The van der Waals surface area contributed by atoms with Crippen LogP contribution in [0, 0.1) is 0 Å². The number of esters is 2. The zero-order valence-corrected chi connectivity index (χ0v) is 46.1. The summed E-state index contributed by atoms with van der Waals surface area (Å²) in [5.74, 6) is -1.02. The Labute approximate surface area is 446 Å². The van der Waals surface area contributed by atoms with E-state index in [4.69, 9.17) is 28.4 Å². The van der Waals surface area contributed by atoms with Crippen molar-refractivity contribution in [2.75, 3.05) is 26.4 Å². The molecule has 0 amide bonds. The van der Waals surface area contributed by atoms with E-state index < -0.39 is 99.3 Å². The molecular formula is C59H106O15. The van der Waals surface area contributed by atoms with Crippen molar-refractivity contribution in [3.05, 3.63) is 36.5 Å². The van der Waals surface area contributed by atoms with Crippen molar-refractivity contribution in [2.24, 2.45) is 0 Å². The Morgan fingerprint density at radius 2 is 0.811 bits per heavy atom. The van der Waals surface area contributed by atoms with Crippen LogP contribution in [0.4, 0.5) is 0 Å². The summed E-state index contributed by atoms with van der Waals surface area (Å²) < 4.78 is 33.6. The molecule has 0 aromatic carbocycles. The second-order valence-corrected chi connectivity index (χ2v) is 20.8. The second-order valence-electron chi connectivity index (χ2n) is 20.8. The molecule has 15 heteroatoms. The number of carbonyl (C=O) groups is 2. The molecule has 432 valence electrons. The molecule has 2 saturated heterocycles. The van der Waals surface area contributed by atoms with Gasteiger partial charge in [-0.25, -0.2) is 0 Å². The lowest BCUT2D eigenvalue weighted by Crippen LogP contribution is -2.61. The Bertz CT molecular complexity index is 1430. The summed E-state index contributed by atoms with van der Waals surface area (Å²) in [4.78, 5) is 25.8. The van der Waals surface area contributed by atoms with E-state index in [-0.39, 0.29) is 19.4 Å². The van der Waals surface area contributed by atoms with E-state index >= 15 is 0 Å². The SMILES string of the molecule is CCCCCCCCCCCCC/C=C/CCC(=O)OC[C@H](CO[C@H]1O[C@@H](CO[C@H]2O[C@@H](CO)[C@@H](O)C(O)C2O)[C@@H](O)C(O)C1O)OC(=O)CCC/C=C/CC/C=C/CCCCCCCCCCCCCCCC. The van der Waals surface area contributed by atoms with Crippen LogP contribution in [0.3, 0.4) is 0 Å². The minimum Gasteiger partial charge on any atom is -0.462 e. The van der Waals surface area contributed by atoms with Crippen LogP contribution in [0.5, 0.6) is 0 Å². The quantitative estimate of drug-likeness (QED) is 0.0171. The van der Waals surface area contributed by atoms with Gasteiger partial charge in [-0.3, -0.25) is 9.59 Å². The third-order valence-electron chi connectivity index (χ3n) is 14.1. The lowest BCUT2D eigenvalue weighted by molar-refractivity contribution is -0.332. The van der Waals surface area contributed by atoms with Crippen LogP contribution < -0.4 is 0 Å². The van der Waals surface area contributed by atoms with Gasteiger partial charge in [-0.15, -0.1) is 0 Å². The molecule has 0 spiro atoms. The highest BCUT2D eigenvalue weighted by Gasteiger charge is 2.47. The van der Waals surface area contributed by atoms with Gasteiger partial charge in [-0.2, -0.15) is 0 Å². The van der Waals surface area contributed by atoms with E-state index in [1.165, 1.54) is 154 Å². The molecule has 7 N–H and O–H groups in total. The van der Waals surface area contributed by atoms with Crippen molar-refractivity contribution in [3.63, 3.8) is 0 Å². The molecule has 2 aliphatic heterocycles. The van der Waals surface area contributed by atoms with Gasteiger partial charge in [0.2, 0.25) is 0 Å². The topological polar surface area (TPSA) is 231 Å². The lowest BCUT2D eigenvalue weighted by atomic mass is 9.98. The zero-order valence-electron chi connectivity index (χ0n) is 46.1. The number of aliphatic hydroxyl groups is 7. The van der Waals surface area contributed by atoms with Crippen LogP contribution in [0.25, 0.3) is 0 Å². The average molecular weight is 1060 g/mol. The monoisotopic (exact) mass is 1050 g/mol. The van der Waals surface area contributed by atoms with Crippen LogP contribution in [0.15, 0.2) is 36.5 Å². The molecule has 15 nitrogen and oxygen atoms in total. The number of unbranched alkanes of at least 4 members (excludes halogenated alkanes) is 27. The molecule has 2 fully saturated rings. The van der Waals surface area contributed by atoms with E-state index in [9.17, 15) is 45.3 Å². The summed E-state index contributed by atoms with van der Waals surface area (Å²) in [5.41, 5.74) is 0. The maximum atomic E-state index is 13.0. The molecule has 2 aliphatic rings. The van der Waals surface area contributed by atoms with Crippen LogP contribution >= 0.6 is 0 Å². The number of allylic oxidation sites excluding steroid dienone is 6. The number of hydrogen-bond acceptors (Lipinski definition) is 15. The summed E-state index contributed by atoms with van der Waals surface area (Å²) in [6.45, 7) is 2.55. The molecule has 4 unspecified atom stereocenters. The average Bonchev–Trinajstić information content (AvgIpc) is 3.39. The van der Waals surface area contributed by atoms with E-state index in [0.29, 0.717) is 19.3 Å². The molecular weight excluding hydrogens is 949 g/mol. The van der Waals surface area contributed by atoms with Gasteiger partial charge in [0.1, 0.15) is 55.4 Å². The molecule has 11 atom stereocenters. The van der Waals surface area contributed by atoms with Crippen molar-refractivity contribution >= 4 is 11.9 Å². The molecule has 2 heterocycles. The third kappa shape index (κ3) is 32.5. The fourth-order valence-electron chi connectivity index (χ4n) is 9.26. The van der Waals surface area contributed by atoms with Crippen molar-refractivity contribution in [2.45, 2.75) is 300 Å². The summed E-state index contributed by atoms with van der Waals surface area (Å²) in [6, 6.07) is 0. The van der Waals surface area contributed by atoms with E-state index in [1.54, 1.807) is 0 Å². The van der Waals surface area contributed by atoms with Crippen molar-refractivity contribution in [1.29, 1.82) is 0 Å². The van der Waals surface area contributed by atoms with Crippen LogP contribution in [0.1, 0.15) is 232 Å². The van der Waals surface area contributed by atoms with E-state index in [0.717, 1.165) is 32.1 Å². The molecule has 0 aromatic heterocycles. The fourth-order valence-corrected chi connectivity index (χ4v) is 9.26. The van der Waals surface area contributed by atoms with Gasteiger partial charge in [-0.1, -0.05) is 198 Å². The number of rotatable bonds is 47. The van der Waals surface area contributed by atoms with Crippen molar-refractivity contribution in [1.82, 2.24) is 0 Å². The molecule has 0 bridgehead atoms. The van der Waals surface area contributed by atoms with Crippen LogP contribution in [-0.2, 0) is 38.0 Å². The smallest absolute Gasteiger partial charge is 0.306 e. The number of carbonyl (C=O) groups excluding carboxylic acids is 2. The van der Waals surface area contributed by atoms with Crippen LogP contribution in [0.2, 0.25) is 0 Å². The summed E-state index contributed by atoms with van der Waals surface area (Å²) in [6.07, 6.45) is 34.8. The summed E-state index contributed by atoms with van der Waals surface area (Å²) in [5, 5.41) is 72.2. The van der Waals surface area contributed by atoms with E-state index in [2.05, 4.69) is 44.2 Å². The standard InChI is InChI=1S/C59H106O15/c1-3-5-7-9-11-13-15-17-19-20-21-22-23-24-25-26-28-30-32-34-36-38-40-42-51(62)72-47(44-69-50(61)41-39-37-35-33-31-29-27-18-16-14-12-10-8-6-4-2)45-70-58-57(68)55(66)53(64)49(74-58)46-71-59-56(67)54(65)52(63)48(43-60)73-59/h26,28,34-37,47-49,52-60,63-68H,3-25,27,29-33,38-46H2,1-2H3/b28-26+,36-34+,37-35+/t47-,48+,49+,52-,53-,54?,55?,56?,57?,58+,59+/m1/s1. The van der Waals surface area contributed by atoms with Gasteiger partial charge >= 0.3 is 11.9 Å². The highest BCUT2D eigenvalue weighted by molar-refractivity contribution is 5.70. The first kappa shape index (κ1) is 67.8. The van der Waals surface area contributed by atoms with Crippen molar-refractivity contribution < 1.29 is 73.8 Å². The first-order valence-corrected chi connectivity index (χ1v) is 29.6. The predicted molar refractivity (Wildman–Crippen MR) is 289 cm³/mol. The second kappa shape index (κ2) is 45.7. The van der Waals surface area contributed by atoms with Crippen LogP contribution in [-0.4, -0.2) is 142 Å². The highest BCUT2D eigenvalue weighted by Crippen LogP contribution is 2.27. The molecule has 74 heavy (non-hydrogen) atoms. The van der Waals surface area contributed by atoms with Crippen molar-refractivity contribution in [3.8, 4) is 0 Å². The Hall–Kier alpha value is -2.28. The van der Waals surface area contributed by atoms with Gasteiger partial charge in [-0.05, 0) is 57.8 Å². The van der Waals surface area contributed by atoms with Gasteiger partial charge in [0.05, 0.1) is 19.8 Å². The first-order valence-electron chi connectivity index (χ1n) is 29.6. The highest BCUT2D eigenvalue weighted by atomic mass is 16.7. The largest absolute Gasteiger partial charge is 0.462 e. The molecule has 0 aromatic rings. The maximum Gasteiger partial charge on any atom is 0.306 e. The minimum atomic E-state index is -1.78. The fraction of sp³-hybridized carbons (Fsp3) is 0.864. The number of ether oxygens (including phenoxy) is 6.